The molecule has 0 amide bonds. The van der Waals surface area contributed by atoms with E-state index >= 15 is 0 Å². The first-order valence-electron chi connectivity index (χ1n) is 5.96. The molecule has 1 aromatic carbocycles. The quantitative estimate of drug-likeness (QED) is 0.479. The first kappa shape index (κ1) is 14.2. The molecule has 0 fully saturated rings. The van der Waals surface area contributed by atoms with Crippen LogP contribution in [0, 0.1) is 10.1 Å². The summed E-state index contributed by atoms with van der Waals surface area (Å²) >= 11 is 5.63. The Morgan fingerprint density at radius 2 is 2.00 bits per heavy atom. The molecule has 7 heteroatoms. The van der Waals surface area contributed by atoms with Crippen molar-refractivity contribution in [2.24, 2.45) is 0 Å². The topological polar surface area (TPSA) is 78.2 Å². The van der Waals surface area contributed by atoms with Crippen molar-refractivity contribution in [2.75, 3.05) is 0 Å². The van der Waals surface area contributed by atoms with E-state index in [4.69, 9.17) is 16.3 Å². The molecule has 0 spiro atoms. The number of alkyl halides is 1. The summed E-state index contributed by atoms with van der Waals surface area (Å²) in [5.74, 6) is 0.414. The van der Waals surface area contributed by atoms with Gasteiger partial charge in [-0.3, -0.25) is 10.1 Å². The maximum Gasteiger partial charge on any atom is 0.322 e. The molecule has 0 aliphatic rings. The summed E-state index contributed by atoms with van der Waals surface area (Å²) in [6.07, 6.45) is 3.74. The SMILES string of the molecule is CCc1ccc(Oc2ncc(CCl)cn2)c([N+](=O)[O-])c1. The van der Waals surface area contributed by atoms with Gasteiger partial charge in [0.2, 0.25) is 5.75 Å². The van der Waals surface area contributed by atoms with E-state index in [1.807, 2.05) is 6.92 Å². The number of ether oxygens (including phenoxy) is 1. The normalized spacial score (nSPS) is 10.3. The average molecular weight is 294 g/mol. The van der Waals surface area contributed by atoms with Crippen LogP contribution in [-0.2, 0) is 12.3 Å². The fourth-order valence-corrected chi connectivity index (χ4v) is 1.71. The second kappa shape index (κ2) is 6.29. The van der Waals surface area contributed by atoms with E-state index < -0.39 is 4.92 Å². The van der Waals surface area contributed by atoms with Gasteiger partial charge in [0.1, 0.15) is 0 Å². The van der Waals surface area contributed by atoms with Gasteiger partial charge < -0.3 is 4.74 Å². The molecule has 2 aromatic rings. The lowest BCUT2D eigenvalue weighted by Crippen LogP contribution is -1.98. The van der Waals surface area contributed by atoms with Gasteiger partial charge in [-0.25, -0.2) is 9.97 Å². The van der Waals surface area contributed by atoms with E-state index in [0.717, 1.165) is 11.1 Å². The van der Waals surface area contributed by atoms with E-state index in [1.54, 1.807) is 12.1 Å². The highest BCUT2D eigenvalue weighted by Gasteiger charge is 2.17. The number of hydrogen-bond donors (Lipinski definition) is 0. The Balaban J connectivity index is 2.29. The Kier molecular flexibility index (Phi) is 4.47. The number of benzene rings is 1. The molecule has 0 unspecified atom stereocenters. The number of nitro groups is 1. The smallest absolute Gasteiger partial charge is 0.322 e. The molecule has 104 valence electrons. The van der Waals surface area contributed by atoms with Crippen LogP contribution in [0.1, 0.15) is 18.1 Å². The molecule has 0 aliphatic carbocycles. The fourth-order valence-electron chi connectivity index (χ4n) is 1.57. The van der Waals surface area contributed by atoms with Crippen molar-refractivity contribution >= 4 is 17.3 Å². The number of nitrogens with zero attached hydrogens (tertiary/aromatic N) is 3. The number of aromatic nitrogens is 2. The zero-order valence-corrected chi connectivity index (χ0v) is 11.5. The zero-order valence-electron chi connectivity index (χ0n) is 10.7. The van der Waals surface area contributed by atoms with Crippen molar-refractivity contribution < 1.29 is 9.66 Å². The summed E-state index contributed by atoms with van der Waals surface area (Å²) in [5.41, 5.74) is 1.51. The predicted octanol–water partition coefficient (Wildman–Crippen LogP) is 3.48. The van der Waals surface area contributed by atoms with Gasteiger partial charge >= 0.3 is 11.7 Å². The van der Waals surface area contributed by atoms with Crippen molar-refractivity contribution in [3.8, 4) is 11.8 Å². The summed E-state index contributed by atoms with van der Waals surface area (Å²) in [6, 6.07) is 4.86. The maximum atomic E-state index is 11.0. The third kappa shape index (κ3) is 3.21. The maximum absolute atomic E-state index is 11.0. The number of nitro benzene ring substituents is 1. The number of halogens is 1. The summed E-state index contributed by atoms with van der Waals surface area (Å²) in [5, 5.41) is 11.0. The summed E-state index contributed by atoms with van der Waals surface area (Å²) in [6.45, 7) is 1.92. The van der Waals surface area contributed by atoms with E-state index in [9.17, 15) is 10.1 Å². The van der Waals surface area contributed by atoms with Gasteiger partial charge in [0.05, 0.1) is 10.8 Å². The predicted molar refractivity (Wildman–Crippen MR) is 74.1 cm³/mol. The van der Waals surface area contributed by atoms with E-state index in [-0.39, 0.29) is 17.4 Å². The van der Waals surface area contributed by atoms with Crippen LogP contribution in [0.3, 0.4) is 0 Å². The van der Waals surface area contributed by atoms with E-state index in [1.165, 1.54) is 18.5 Å². The van der Waals surface area contributed by atoms with Crippen LogP contribution < -0.4 is 4.74 Å². The molecular formula is C13H12ClN3O3. The first-order chi connectivity index (χ1) is 9.63. The van der Waals surface area contributed by atoms with Crippen LogP contribution in [-0.4, -0.2) is 14.9 Å². The van der Waals surface area contributed by atoms with Crippen molar-refractivity contribution in [3.05, 3.63) is 51.8 Å². The molecule has 0 aliphatic heterocycles. The second-order valence-corrected chi connectivity index (χ2v) is 4.29. The molecule has 6 nitrogen and oxygen atoms in total. The van der Waals surface area contributed by atoms with Crippen molar-refractivity contribution in [2.45, 2.75) is 19.2 Å². The lowest BCUT2D eigenvalue weighted by molar-refractivity contribution is -0.385. The highest BCUT2D eigenvalue weighted by molar-refractivity contribution is 6.17. The minimum absolute atomic E-state index is 0.0474. The Morgan fingerprint density at radius 3 is 2.55 bits per heavy atom. The van der Waals surface area contributed by atoms with Gasteiger partial charge in [-0.1, -0.05) is 13.0 Å². The lowest BCUT2D eigenvalue weighted by Gasteiger charge is -2.06. The van der Waals surface area contributed by atoms with Crippen LogP contribution in [0.25, 0.3) is 0 Å². The third-order valence-corrected chi connectivity index (χ3v) is 2.97. The monoisotopic (exact) mass is 293 g/mol. The first-order valence-corrected chi connectivity index (χ1v) is 6.49. The van der Waals surface area contributed by atoms with Gasteiger partial charge in [0.15, 0.2) is 0 Å². The molecule has 2 rings (SSSR count). The van der Waals surface area contributed by atoms with Crippen molar-refractivity contribution in [3.63, 3.8) is 0 Å². The summed E-state index contributed by atoms with van der Waals surface area (Å²) in [4.78, 5) is 18.5. The molecule has 0 bridgehead atoms. The van der Waals surface area contributed by atoms with Gasteiger partial charge in [-0.15, -0.1) is 11.6 Å². The van der Waals surface area contributed by atoms with Gasteiger partial charge in [-0.2, -0.15) is 0 Å². The van der Waals surface area contributed by atoms with Crippen LogP contribution in [0.5, 0.6) is 11.8 Å². The number of hydrogen-bond acceptors (Lipinski definition) is 5. The minimum Gasteiger partial charge on any atom is -0.417 e. The van der Waals surface area contributed by atoms with E-state index in [0.29, 0.717) is 12.3 Å². The molecule has 1 aromatic heterocycles. The van der Waals surface area contributed by atoms with Crippen LogP contribution in [0.15, 0.2) is 30.6 Å². The number of rotatable bonds is 5. The Bertz CT molecular complexity index is 617. The zero-order chi connectivity index (χ0) is 14.5. The van der Waals surface area contributed by atoms with Gasteiger partial charge in [-0.05, 0) is 18.1 Å². The van der Waals surface area contributed by atoms with Crippen LogP contribution in [0.4, 0.5) is 5.69 Å². The van der Waals surface area contributed by atoms with Crippen LogP contribution in [0.2, 0.25) is 0 Å². The van der Waals surface area contributed by atoms with Crippen molar-refractivity contribution in [1.82, 2.24) is 9.97 Å². The fraction of sp³-hybridized carbons (Fsp3) is 0.231. The highest BCUT2D eigenvalue weighted by Crippen LogP contribution is 2.30. The van der Waals surface area contributed by atoms with Crippen molar-refractivity contribution in [1.29, 1.82) is 0 Å². The standard InChI is InChI=1S/C13H12ClN3O3/c1-2-9-3-4-12(11(5-9)17(18)19)20-13-15-7-10(6-14)8-16-13/h3-5,7-8H,2,6H2,1H3. The molecule has 0 N–H and O–H groups in total. The molecular weight excluding hydrogens is 282 g/mol. The molecule has 0 saturated carbocycles. The number of aryl methyl sites for hydroxylation is 1. The van der Waals surface area contributed by atoms with Gasteiger partial charge in [0.25, 0.3) is 0 Å². The summed E-state index contributed by atoms with van der Waals surface area (Å²) < 4.78 is 5.36. The minimum atomic E-state index is -0.484. The Hall–Kier alpha value is -2.21. The van der Waals surface area contributed by atoms with Gasteiger partial charge in [0, 0.05) is 24.0 Å². The Morgan fingerprint density at radius 1 is 1.30 bits per heavy atom. The molecule has 0 saturated heterocycles. The average Bonchev–Trinajstić information content (AvgIpc) is 2.48. The molecule has 20 heavy (non-hydrogen) atoms. The van der Waals surface area contributed by atoms with E-state index in [2.05, 4.69) is 9.97 Å². The summed E-state index contributed by atoms with van der Waals surface area (Å²) in [7, 11) is 0. The third-order valence-electron chi connectivity index (χ3n) is 2.67. The second-order valence-electron chi connectivity index (χ2n) is 4.02. The largest absolute Gasteiger partial charge is 0.417 e. The lowest BCUT2D eigenvalue weighted by atomic mass is 10.1. The molecule has 0 atom stereocenters. The Labute approximate surface area is 120 Å². The van der Waals surface area contributed by atoms with Crippen LogP contribution >= 0.6 is 11.6 Å². The molecule has 0 radical (unpaired) electrons. The molecule has 1 heterocycles. The highest BCUT2D eigenvalue weighted by atomic mass is 35.5.